The Balaban J connectivity index is 0.00000150. The first kappa shape index (κ1) is 26.5. The molecule has 2 aliphatic rings. The van der Waals surface area contributed by atoms with Crippen LogP contribution in [0.5, 0.6) is 5.75 Å². The van der Waals surface area contributed by atoms with Crippen LogP contribution in [0.4, 0.5) is 5.69 Å². The summed E-state index contributed by atoms with van der Waals surface area (Å²) in [5.41, 5.74) is 4.16. The smallest absolute Gasteiger partial charge is 0.119 e. The van der Waals surface area contributed by atoms with Crippen LogP contribution in [0.15, 0.2) is 48.5 Å². The summed E-state index contributed by atoms with van der Waals surface area (Å²) in [6.07, 6.45) is 2.40. The minimum atomic E-state index is 0. The van der Waals surface area contributed by atoms with Crippen molar-refractivity contribution in [1.82, 2.24) is 4.90 Å². The average molecular weight is 457 g/mol. The Hall–Kier alpha value is -1.50. The minimum Gasteiger partial charge on any atom is -0.494 e. The standard InChI is InChI=1S/C23H30N2O2.2ClH.H2O/c1-2-26-21-9-7-20(8-10-21)25-16-14-24(15-17-25)13-11-23-22-6-4-3-5-19(22)12-18-27-23;;;/h3-10,23H,2,11-18H2,1H3;2*1H;1H2. The fourth-order valence-corrected chi connectivity index (χ4v) is 4.17. The van der Waals surface area contributed by atoms with Crippen LogP contribution in [0.25, 0.3) is 0 Å². The van der Waals surface area contributed by atoms with E-state index in [1.54, 1.807) is 0 Å². The molecule has 0 radical (unpaired) electrons. The number of piperazine rings is 1. The first-order valence-electron chi connectivity index (χ1n) is 10.2. The van der Waals surface area contributed by atoms with E-state index in [1.807, 2.05) is 6.92 Å². The number of halogens is 2. The van der Waals surface area contributed by atoms with Crippen molar-refractivity contribution in [2.75, 3.05) is 50.8 Å². The van der Waals surface area contributed by atoms with Gasteiger partial charge in [-0.3, -0.25) is 4.90 Å². The molecule has 0 bridgehead atoms. The molecule has 1 unspecified atom stereocenters. The first-order valence-corrected chi connectivity index (χ1v) is 10.2. The Labute approximate surface area is 192 Å². The van der Waals surface area contributed by atoms with E-state index in [-0.39, 0.29) is 36.4 Å². The van der Waals surface area contributed by atoms with Crippen molar-refractivity contribution in [3.63, 3.8) is 0 Å². The van der Waals surface area contributed by atoms with E-state index < -0.39 is 0 Å². The molecule has 2 aliphatic heterocycles. The van der Waals surface area contributed by atoms with E-state index in [0.29, 0.717) is 6.61 Å². The summed E-state index contributed by atoms with van der Waals surface area (Å²) in [6, 6.07) is 17.3. The van der Waals surface area contributed by atoms with Gasteiger partial charge in [0.05, 0.1) is 19.3 Å². The van der Waals surface area contributed by atoms with E-state index >= 15 is 0 Å². The highest BCUT2D eigenvalue weighted by molar-refractivity contribution is 5.85. The topological polar surface area (TPSA) is 56.4 Å². The number of anilines is 1. The summed E-state index contributed by atoms with van der Waals surface area (Å²) in [5, 5.41) is 0. The number of benzene rings is 2. The fraction of sp³-hybridized carbons (Fsp3) is 0.478. The molecule has 2 N–H and O–H groups in total. The number of rotatable bonds is 6. The number of nitrogens with zero attached hydrogens (tertiary/aromatic N) is 2. The highest BCUT2D eigenvalue weighted by atomic mass is 35.5. The molecule has 1 atom stereocenters. The Bertz CT molecular complexity index is 737. The van der Waals surface area contributed by atoms with Crippen molar-refractivity contribution < 1.29 is 14.9 Å². The van der Waals surface area contributed by atoms with Crippen LogP contribution in [0.2, 0.25) is 0 Å². The van der Waals surface area contributed by atoms with Gasteiger partial charge in [0, 0.05) is 38.4 Å². The molecule has 0 amide bonds. The molecule has 0 aliphatic carbocycles. The van der Waals surface area contributed by atoms with Crippen LogP contribution in [-0.2, 0) is 11.2 Å². The third-order valence-corrected chi connectivity index (χ3v) is 5.69. The highest BCUT2D eigenvalue weighted by Crippen LogP contribution is 2.30. The largest absolute Gasteiger partial charge is 0.494 e. The maximum atomic E-state index is 6.07. The van der Waals surface area contributed by atoms with Gasteiger partial charge < -0.3 is 19.8 Å². The van der Waals surface area contributed by atoms with Crippen LogP contribution < -0.4 is 9.64 Å². The second kappa shape index (κ2) is 13.0. The van der Waals surface area contributed by atoms with Gasteiger partial charge >= 0.3 is 0 Å². The second-order valence-corrected chi connectivity index (χ2v) is 7.35. The van der Waals surface area contributed by atoms with E-state index in [2.05, 4.69) is 58.3 Å². The Morgan fingerprint density at radius 2 is 1.67 bits per heavy atom. The van der Waals surface area contributed by atoms with Crippen LogP contribution in [0.1, 0.15) is 30.6 Å². The lowest BCUT2D eigenvalue weighted by molar-refractivity contribution is 0.0289. The molecule has 1 saturated heterocycles. The number of fused-ring (bicyclic) bond motifs is 1. The van der Waals surface area contributed by atoms with Gasteiger partial charge in [-0.2, -0.15) is 0 Å². The van der Waals surface area contributed by atoms with Gasteiger partial charge in [-0.15, -0.1) is 24.8 Å². The summed E-state index contributed by atoms with van der Waals surface area (Å²) < 4.78 is 11.6. The summed E-state index contributed by atoms with van der Waals surface area (Å²) in [4.78, 5) is 5.05. The monoisotopic (exact) mass is 456 g/mol. The summed E-state index contributed by atoms with van der Waals surface area (Å²) in [7, 11) is 0. The molecule has 0 saturated carbocycles. The van der Waals surface area contributed by atoms with Gasteiger partial charge in [-0.05, 0) is 55.2 Å². The third kappa shape index (κ3) is 6.50. The first-order chi connectivity index (χ1) is 13.3. The molecule has 0 aromatic heterocycles. The van der Waals surface area contributed by atoms with Gasteiger partial charge in [-0.25, -0.2) is 0 Å². The third-order valence-electron chi connectivity index (χ3n) is 5.69. The number of hydrogen-bond donors (Lipinski definition) is 0. The molecule has 0 spiro atoms. The average Bonchev–Trinajstić information content (AvgIpc) is 2.73. The lowest BCUT2D eigenvalue weighted by Crippen LogP contribution is -2.46. The molecule has 7 heteroatoms. The lowest BCUT2D eigenvalue weighted by atomic mass is 9.95. The molecule has 2 heterocycles. The zero-order valence-electron chi connectivity index (χ0n) is 17.6. The van der Waals surface area contributed by atoms with Crippen LogP contribution in [0, 0.1) is 0 Å². The fourth-order valence-electron chi connectivity index (χ4n) is 4.17. The van der Waals surface area contributed by atoms with Gasteiger partial charge in [0.25, 0.3) is 0 Å². The Kier molecular flexibility index (Phi) is 11.5. The summed E-state index contributed by atoms with van der Waals surface area (Å²) >= 11 is 0. The molecule has 2 aromatic carbocycles. The zero-order valence-corrected chi connectivity index (χ0v) is 19.2. The predicted octanol–water partition coefficient (Wildman–Crippen LogP) is 3.93. The van der Waals surface area contributed by atoms with Gasteiger partial charge in [0.15, 0.2) is 0 Å². The number of hydrogen-bond acceptors (Lipinski definition) is 4. The van der Waals surface area contributed by atoms with Crippen molar-refractivity contribution in [3.05, 3.63) is 59.7 Å². The zero-order chi connectivity index (χ0) is 18.5. The van der Waals surface area contributed by atoms with Crippen molar-refractivity contribution >= 4 is 30.5 Å². The van der Waals surface area contributed by atoms with Crippen molar-refractivity contribution in [1.29, 1.82) is 0 Å². The molecule has 1 fully saturated rings. The van der Waals surface area contributed by atoms with Gasteiger partial charge in [0.1, 0.15) is 5.75 Å². The minimum absolute atomic E-state index is 0. The van der Waals surface area contributed by atoms with E-state index in [1.165, 1.54) is 16.8 Å². The molecular formula is C23H34Cl2N2O3. The summed E-state index contributed by atoms with van der Waals surface area (Å²) in [6.45, 7) is 9.08. The van der Waals surface area contributed by atoms with Crippen LogP contribution in [0.3, 0.4) is 0 Å². The Morgan fingerprint density at radius 3 is 2.37 bits per heavy atom. The van der Waals surface area contributed by atoms with Crippen LogP contribution in [-0.4, -0.2) is 56.3 Å². The molecule has 5 nitrogen and oxygen atoms in total. The normalized spacial score (nSPS) is 18.3. The van der Waals surface area contributed by atoms with Gasteiger partial charge in [-0.1, -0.05) is 24.3 Å². The van der Waals surface area contributed by atoms with E-state index in [4.69, 9.17) is 9.47 Å². The second-order valence-electron chi connectivity index (χ2n) is 7.35. The molecule has 168 valence electrons. The quantitative estimate of drug-likeness (QED) is 0.660. The van der Waals surface area contributed by atoms with Gasteiger partial charge in [0.2, 0.25) is 0 Å². The SMILES string of the molecule is CCOc1ccc(N2CCN(CCC3OCCc4ccccc43)CC2)cc1.Cl.Cl.O. The van der Waals surface area contributed by atoms with Crippen molar-refractivity contribution in [3.8, 4) is 5.75 Å². The maximum Gasteiger partial charge on any atom is 0.119 e. The molecule has 4 rings (SSSR count). The van der Waals surface area contributed by atoms with E-state index in [9.17, 15) is 0 Å². The lowest BCUT2D eigenvalue weighted by Gasteiger charge is -2.37. The van der Waals surface area contributed by atoms with Crippen LogP contribution >= 0.6 is 24.8 Å². The maximum absolute atomic E-state index is 6.07. The van der Waals surface area contributed by atoms with E-state index in [0.717, 1.165) is 57.9 Å². The number of ether oxygens (including phenoxy) is 2. The van der Waals surface area contributed by atoms with Crippen molar-refractivity contribution in [2.24, 2.45) is 0 Å². The van der Waals surface area contributed by atoms with Crippen molar-refractivity contribution in [2.45, 2.75) is 25.9 Å². The molecule has 30 heavy (non-hydrogen) atoms. The summed E-state index contributed by atoms with van der Waals surface area (Å²) in [5.74, 6) is 0.952. The Morgan fingerprint density at radius 1 is 0.967 bits per heavy atom. The molecule has 2 aromatic rings. The molecular weight excluding hydrogens is 423 g/mol. The predicted molar refractivity (Wildman–Crippen MR) is 128 cm³/mol. The highest BCUT2D eigenvalue weighted by Gasteiger charge is 2.23.